The van der Waals surface area contributed by atoms with Crippen molar-refractivity contribution in [2.24, 2.45) is 0 Å². The van der Waals surface area contributed by atoms with Gasteiger partial charge in [-0.1, -0.05) is 51.1 Å². The molecule has 0 fully saturated rings. The minimum absolute atomic E-state index is 0.0322. The third kappa shape index (κ3) is 2.53. The highest BCUT2D eigenvalue weighted by Crippen LogP contribution is 2.46. The molecule has 0 aliphatic carbocycles. The second-order valence-corrected chi connectivity index (χ2v) is 9.63. The van der Waals surface area contributed by atoms with Crippen LogP contribution in [0.5, 0.6) is 0 Å². The molecule has 3 heteroatoms. The second-order valence-electron chi connectivity index (χ2n) is 4.25. The molecular formula is C11H16Cl2Si. The van der Waals surface area contributed by atoms with Crippen molar-refractivity contribution in [1.82, 2.24) is 0 Å². The van der Waals surface area contributed by atoms with Crippen molar-refractivity contribution in [3.8, 4) is 0 Å². The first-order chi connectivity index (χ1) is 6.46. The van der Waals surface area contributed by atoms with Crippen LogP contribution in [0.1, 0.15) is 32.3 Å². The summed E-state index contributed by atoms with van der Waals surface area (Å²) in [5.74, 6) is 0.412. The fourth-order valence-electron chi connectivity index (χ4n) is 1.36. The number of rotatable bonds is 3. The van der Waals surface area contributed by atoms with E-state index in [1.54, 1.807) is 0 Å². The van der Waals surface area contributed by atoms with E-state index in [1.807, 2.05) is 6.07 Å². The van der Waals surface area contributed by atoms with Gasteiger partial charge in [-0.05, 0) is 16.5 Å². The van der Waals surface area contributed by atoms with Gasteiger partial charge in [-0.3, -0.25) is 0 Å². The molecule has 1 rings (SSSR count). The Labute approximate surface area is 97.3 Å². The van der Waals surface area contributed by atoms with Crippen LogP contribution in [0, 0.1) is 0 Å². The van der Waals surface area contributed by atoms with E-state index < -0.39 is 7.42 Å². The number of hydrogen-bond donors (Lipinski definition) is 0. The van der Waals surface area contributed by atoms with E-state index in [-0.39, 0.29) is 5.04 Å². The van der Waals surface area contributed by atoms with Gasteiger partial charge in [0.25, 0.3) is 0 Å². The van der Waals surface area contributed by atoms with Crippen LogP contribution in [0.25, 0.3) is 0 Å². The highest BCUT2D eigenvalue weighted by molar-refractivity contribution is 7.35. The van der Waals surface area contributed by atoms with Crippen LogP contribution in [0.3, 0.4) is 0 Å². The highest BCUT2D eigenvalue weighted by Gasteiger charge is 2.34. The maximum absolute atomic E-state index is 6.12. The summed E-state index contributed by atoms with van der Waals surface area (Å²) in [6.45, 7) is 6.50. The Morgan fingerprint density at radius 2 is 1.64 bits per heavy atom. The van der Waals surface area contributed by atoms with Crippen molar-refractivity contribution in [2.45, 2.75) is 31.7 Å². The summed E-state index contributed by atoms with van der Waals surface area (Å²) >= 11 is 12.2. The topological polar surface area (TPSA) is 0 Å². The third-order valence-electron chi connectivity index (χ3n) is 2.98. The summed E-state index contributed by atoms with van der Waals surface area (Å²) in [7, 11) is -1.66. The van der Waals surface area contributed by atoms with Gasteiger partial charge in [0.1, 0.15) is 0 Å². The van der Waals surface area contributed by atoms with Crippen molar-refractivity contribution < 1.29 is 0 Å². The lowest BCUT2D eigenvalue weighted by molar-refractivity contribution is 0.555. The van der Waals surface area contributed by atoms with Crippen LogP contribution in [0.15, 0.2) is 30.3 Å². The molecule has 0 saturated carbocycles. The molecule has 0 aliphatic rings. The highest BCUT2D eigenvalue weighted by atomic mass is 35.7. The Morgan fingerprint density at radius 3 is 2.07 bits per heavy atom. The predicted molar refractivity (Wildman–Crippen MR) is 67.8 cm³/mol. The van der Waals surface area contributed by atoms with Crippen molar-refractivity contribution in [2.75, 3.05) is 0 Å². The van der Waals surface area contributed by atoms with Gasteiger partial charge in [0.05, 0.1) is 0 Å². The fraction of sp³-hybridized carbons (Fsp3) is 0.455. The lowest BCUT2D eigenvalue weighted by Crippen LogP contribution is -2.23. The minimum Gasteiger partial charge on any atom is -0.150 e. The van der Waals surface area contributed by atoms with Gasteiger partial charge in [0, 0.05) is 0 Å². The van der Waals surface area contributed by atoms with Gasteiger partial charge >= 0.3 is 0 Å². The molecule has 1 atom stereocenters. The normalized spacial score (nSPS) is 14.4. The van der Waals surface area contributed by atoms with Crippen molar-refractivity contribution in [3.63, 3.8) is 0 Å². The minimum atomic E-state index is -1.66. The first-order valence-corrected chi connectivity index (χ1v) is 8.86. The lowest BCUT2D eigenvalue weighted by Gasteiger charge is -2.32. The van der Waals surface area contributed by atoms with Crippen LogP contribution < -0.4 is 0 Å². The van der Waals surface area contributed by atoms with Crippen LogP contribution in [0.4, 0.5) is 0 Å². The second kappa shape index (κ2) is 4.69. The van der Waals surface area contributed by atoms with Crippen LogP contribution in [-0.2, 0) is 0 Å². The van der Waals surface area contributed by atoms with Gasteiger partial charge in [-0.15, -0.1) is 22.2 Å². The van der Waals surface area contributed by atoms with Gasteiger partial charge in [-0.25, -0.2) is 0 Å². The Balaban J connectivity index is 2.90. The molecule has 0 nitrogen and oxygen atoms in total. The van der Waals surface area contributed by atoms with E-state index in [9.17, 15) is 0 Å². The summed E-state index contributed by atoms with van der Waals surface area (Å²) < 4.78 is 0. The molecule has 0 aromatic heterocycles. The van der Waals surface area contributed by atoms with Gasteiger partial charge in [-0.2, -0.15) is 0 Å². The van der Waals surface area contributed by atoms with Crippen molar-refractivity contribution in [3.05, 3.63) is 35.9 Å². The average Bonchev–Trinajstić information content (AvgIpc) is 2.17. The number of hydrogen-bond acceptors (Lipinski definition) is 0. The maximum Gasteiger partial charge on any atom is 0.243 e. The summed E-state index contributed by atoms with van der Waals surface area (Å²) in [5.41, 5.74) is 1.32. The molecule has 0 amide bonds. The molecule has 0 spiro atoms. The molecule has 0 heterocycles. The summed E-state index contributed by atoms with van der Waals surface area (Å²) in [5, 5.41) is 0.0322. The van der Waals surface area contributed by atoms with E-state index in [1.165, 1.54) is 5.56 Å². The molecule has 0 N–H and O–H groups in total. The Hall–Kier alpha value is 0.0169. The first-order valence-electron chi connectivity index (χ1n) is 4.79. The van der Waals surface area contributed by atoms with Crippen LogP contribution >= 0.6 is 22.2 Å². The maximum atomic E-state index is 6.12. The van der Waals surface area contributed by atoms with Gasteiger partial charge < -0.3 is 0 Å². The monoisotopic (exact) mass is 246 g/mol. The van der Waals surface area contributed by atoms with Crippen LogP contribution in [0.2, 0.25) is 5.04 Å². The van der Waals surface area contributed by atoms with E-state index in [0.29, 0.717) is 5.92 Å². The molecule has 14 heavy (non-hydrogen) atoms. The Bertz CT molecular complexity index is 283. The molecular weight excluding hydrogens is 231 g/mol. The lowest BCUT2D eigenvalue weighted by atomic mass is 9.89. The smallest absolute Gasteiger partial charge is 0.150 e. The quantitative estimate of drug-likeness (QED) is 0.552. The molecule has 0 saturated heterocycles. The molecule has 0 bridgehead atoms. The zero-order valence-electron chi connectivity index (χ0n) is 8.80. The molecule has 0 aliphatic heterocycles. The zero-order chi connectivity index (χ0) is 10.8. The van der Waals surface area contributed by atoms with Crippen molar-refractivity contribution in [1.29, 1.82) is 0 Å². The summed E-state index contributed by atoms with van der Waals surface area (Å²) in [4.78, 5) is 0. The van der Waals surface area contributed by atoms with E-state index >= 15 is 0 Å². The molecule has 0 radical (unpaired) electrons. The molecule has 78 valence electrons. The largest absolute Gasteiger partial charge is 0.243 e. The standard InChI is InChI=1S/C11H16Cl2Si/c1-9(11(2,3)14(12)13)10-7-5-4-6-8-10/h4-9,14H,1-3H3. The molecule has 1 aromatic rings. The zero-order valence-corrected chi connectivity index (χ0v) is 11.5. The van der Waals surface area contributed by atoms with E-state index in [4.69, 9.17) is 22.2 Å². The van der Waals surface area contributed by atoms with Gasteiger partial charge in [0.2, 0.25) is 7.42 Å². The molecule has 1 aromatic carbocycles. The predicted octanol–water partition coefficient (Wildman–Crippen LogP) is 4.27. The Kier molecular flexibility index (Phi) is 4.05. The fourth-order valence-corrected chi connectivity index (χ4v) is 3.06. The van der Waals surface area contributed by atoms with Crippen molar-refractivity contribution >= 4 is 29.6 Å². The number of halogens is 2. The van der Waals surface area contributed by atoms with E-state index in [2.05, 4.69) is 45.0 Å². The Morgan fingerprint density at radius 1 is 1.14 bits per heavy atom. The number of benzene rings is 1. The molecule has 1 unspecified atom stereocenters. The first kappa shape index (κ1) is 12.1. The SMILES string of the molecule is CC(c1ccccc1)C(C)(C)[SiH](Cl)Cl. The van der Waals surface area contributed by atoms with E-state index in [0.717, 1.165) is 0 Å². The summed E-state index contributed by atoms with van der Waals surface area (Å²) in [6, 6.07) is 10.4. The van der Waals surface area contributed by atoms with Gasteiger partial charge in [0.15, 0.2) is 0 Å². The average molecular weight is 247 g/mol. The summed E-state index contributed by atoms with van der Waals surface area (Å²) in [6.07, 6.45) is 0. The van der Waals surface area contributed by atoms with Crippen LogP contribution in [-0.4, -0.2) is 7.42 Å². The third-order valence-corrected chi connectivity index (χ3v) is 7.98.